The van der Waals surface area contributed by atoms with E-state index in [9.17, 15) is 4.79 Å². The summed E-state index contributed by atoms with van der Waals surface area (Å²) < 4.78 is 5.07. The number of aryl methyl sites for hydroxylation is 2. The van der Waals surface area contributed by atoms with E-state index in [0.717, 1.165) is 34.1 Å². The zero-order valence-corrected chi connectivity index (χ0v) is 8.78. The highest BCUT2D eigenvalue weighted by atomic mass is 16.3. The zero-order chi connectivity index (χ0) is 10.8. The Kier molecular flexibility index (Phi) is 2.42. The van der Waals surface area contributed by atoms with Gasteiger partial charge in [-0.05, 0) is 48.7 Å². The van der Waals surface area contributed by atoms with Crippen LogP contribution >= 0.6 is 0 Å². The Morgan fingerprint density at radius 2 is 1.87 bits per heavy atom. The molecule has 2 nitrogen and oxygen atoms in total. The third-order valence-corrected chi connectivity index (χ3v) is 2.50. The van der Waals surface area contributed by atoms with Crippen LogP contribution in [0.3, 0.4) is 0 Å². The van der Waals surface area contributed by atoms with Gasteiger partial charge < -0.3 is 4.42 Å². The van der Waals surface area contributed by atoms with Crippen molar-refractivity contribution in [1.29, 1.82) is 0 Å². The summed E-state index contributed by atoms with van der Waals surface area (Å²) in [6.45, 7) is 4.00. The van der Waals surface area contributed by atoms with Gasteiger partial charge in [-0.15, -0.1) is 0 Å². The second-order valence-electron chi connectivity index (χ2n) is 3.66. The van der Waals surface area contributed by atoms with Gasteiger partial charge in [-0.2, -0.15) is 0 Å². The highest BCUT2D eigenvalue weighted by Gasteiger charge is 2.08. The predicted molar refractivity (Wildman–Crippen MR) is 59.0 cm³/mol. The van der Waals surface area contributed by atoms with Crippen molar-refractivity contribution in [2.45, 2.75) is 13.8 Å². The van der Waals surface area contributed by atoms with E-state index in [4.69, 9.17) is 4.42 Å². The van der Waals surface area contributed by atoms with Crippen molar-refractivity contribution in [3.63, 3.8) is 0 Å². The SMILES string of the molecule is Cc1cc(C=O)cc(C)c1-c1ccoc1. The Morgan fingerprint density at radius 1 is 1.20 bits per heavy atom. The van der Waals surface area contributed by atoms with Crippen molar-refractivity contribution in [1.82, 2.24) is 0 Å². The van der Waals surface area contributed by atoms with Crippen LogP contribution in [0.1, 0.15) is 21.5 Å². The quantitative estimate of drug-likeness (QED) is 0.695. The van der Waals surface area contributed by atoms with E-state index in [2.05, 4.69) is 0 Å². The molecule has 0 fully saturated rings. The Bertz CT molecular complexity index is 458. The Hall–Kier alpha value is -1.83. The zero-order valence-electron chi connectivity index (χ0n) is 8.78. The number of aldehydes is 1. The maximum absolute atomic E-state index is 10.7. The van der Waals surface area contributed by atoms with Gasteiger partial charge in [-0.1, -0.05) is 0 Å². The smallest absolute Gasteiger partial charge is 0.150 e. The average molecular weight is 200 g/mol. The van der Waals surface area contributed by atoms with Crippen LogP contribution in [-0.4, -0.2) is 6.29 Å². The second kappa shape index (κ2) is 3.73. The molecule has 0 atom stereocenters. The summed E-state index contributed by atoms with van der Waals surface area (Å²) in [5.74, 6) is 0. The van der Waals surface area contributed by atoms with Crippen LogP contribution in [0.25, 0.3) is 11.1 Å². The van der Waals surface area contributed by atoms with E-state index >= 15 is 0 Å². The molecule has 0 aliphatic carbocycles. The molecular formula is C13H12O2. The van der Waals surface area contributed by atoms with Crippen molar-refractivity contribution in [2.75, 3.05) is 0 Å². The number of benzene rings is 1. The van der Waals surface area contributed by atoms with Gasteiger partial charge in [0.05, 0.1) is 12.5 Å². The average Bonchev–Trinajstić information content (AvgIpc) is 2.69. The lowest BCUT2D eigenvalue weighted by Crippen LogP contribution is -1.90. The lowest BCUT2D eigenvalue weighted by Gasteiger charge is -2.08. The Labute approximate surface area is 88.5 Å². The van der Waals surface area contributed by atoms with Gasteiger partial charge in [-0.25, -0.2) is 0 Å². The van der Waals surface area contributed by atoms with Crippen molar-refractivity contribution >= 4 is 6.29 Å². The minimum Gasteiger partial charge on any atom is -0.472 e. The van der Waals surface area contributed by atoms with Crippen molar-refractivity contribution in [3.05, 3.63) is 47.4 Å². The van der Waals surface area contributed by atoms with Crippen LogP contribution in [-0.2, 0) is 0 Å². The van der Waals surface area contributed by atoms with E-state index in [1.165, 1.54) is 0 Å². The third-order valence-electron chi connectivity index (χ3n) is 2.50. The molecular weight excluding hydrogens is 188 g/mol. The summed E-state index contributed by atoms with van der Waals surface area (Å²) in [6.07, 6.45) is 4.25. The van der Waals surface area contributed by atoms with Crippen LogP contribution in [0.5, 0.6) is 0 Å². The van der Waals surface area contributed by atoms with E-state index in [1.54, 1.807) is 12.5 Å². The fourth-order valence-corrected chi connectivity index (χ4v) is 1.93. The Balaban J connectivity index is 2.63. The highest BCUT2D eigenvalue weighted by molar-refractivity contribution is 5.80. The van der Waals surface area contributed by atoms with Gasteiger partial charge in [0.1, 0.15) is 6.29 Å². The van der Waals surface area contributed by atoms with Crippen LogP contribution in [0.15, 0.2) is 35.1 Å². The number of hydrogen-bond donors (Lipinski definition) is 0. The fraction of sp³-hybridized carbons (Fsp3) is 0.154. The first-order valence-electron chi connectivity index (χ1n) is 4.81. The van der Waals surface area contributed by atoms with Crippen LogP contribution < -0.4 is 0 Å². The predicted octanol–water partition coefficient (Wildman–Crippen LogP) is 3.38. The minimum absolute atomic E-state index is 0.720. The molecule has 0 aliphatic heterocycles. The number of carbonyl (C=O) groups is 1. The molecule has 76 valence electrons. The molecule has 1 aromatic carbocycles. The first-order valence-corrected chi connectivity index (χ1v) is 4.81. The van der Waals surface area contributed by atoms with Gasteiger partial charge in [0.2, 0.25) is 0 Å². The van der Waals surface area contributed by atoms with Gasteiger partial charge in [0, 0.05) is 11.1 Å². The van der Waals surface area contributed by atoms with Crippen LogP contribution in [0.2, 0.25) is 0 Å². The summed E-state index contributed by atoms with van der Waals surface area (Å²) in [4.78, 5) is 10.7. The monoisotopic (exact) mass is 200 g/mol. The molecule has 0 amide bonds. The molecule has 2 rings (SSSR count). The molecule has 1 aromatic heterocycles. The molecule has 1 heterocycles. The topological polar surface area (TPSA) is 30.2 Å². The molecule has 0 bridgehead atoms. The summed E-state index contributed by atoms with van der Waals surface area (Å²) >= 11 is 0. The number of furan rings is 1. The lowest BCUT2D eigenvalue weighted by molar-refractivity contribution is 0.112. The van der Waals surface area contributed by atoms with E-state index < -0.39 is 0 Å². The maximum atomic E-state index is 10.7. The lowest BCUT2D eigenvalue weighted by atomic mass is 9.95. The second-order valence-corrected chi connectivity index (χ2v) is 3.66. The largest absolute Gasteiger partial charge is 0.472 e. The number of hydrogen-bond acceptors (Lipinski definition) is 2. The van der Waals surface area contributed by atoms with E-state index in [0.29, 0.717) is 0 Å². The van der Waals surface area contributed by atoms with Gasteiger partial charge >= 0.3 is 0 Å². The normalized spacial score (nSPS) is 10.3. The van der Waals surface area contributed by atoms with Crippen molar-refractivity contribution in [3.8, 4) is 11.1 Å². The standard InChI is InChI=1S/C13H12O2/c1-9-5-11(7-14)6-10(2)13(9)12-3-4-15-8-12/h3-8H,1-2H3. The van der Waals surface area contributed by atoms with E-state index in [1.807, 2.05) is 32.0 Å². The molecule has 0 radical (unpaired) electrons. The summed E-state index contributed by atoms with van der Waals surface area (Å²) in [5.41, 5.74) is 5.12. The van der Waals surface area contributed by atoms with Gasteiger partial charge in [0.25, 0.3) is 0 Å². The summed E-state index contributed by atoms with van der Waals surface area (Å²) in [7, 11) is 0. The minimum atomic E-state index is 0.720. The molecule has 15 heavy (non-hydrogen) atoms. The number of carbonyl (C=O) groups excluding carboxylic acids is 1. The van der Waals surface area contributed by atoms with Crippen LogP contribution in [0, 0.1) is 13.8 Å². The van der Waals surface area contributed by atoms with Crippen molar-refractivity contribution in [2.24, 2.45) is 0 Å². The molecule has 0 N–H and O–H groups in total. The first kappa shape index (κ1) is 9.71. The molecule has 0 unspecified atom stereocenters. The molecule has 0 saturated carbocycles. The highest BCUT2D eigenvalue weighted by Crippen LogP contribution is 2.28. The molecule has 0 aliphatic rings. The summed E-state index contributed by atoms with van der Waals surface area (Å²) in [5, 5.41) is 0. The molecule has 2 heteroatoms. The first-order chi connectivity index (χ1) is 7.22. The van der Waals surface area contributed by atoms with Gasteiger partial charge in [0.15, 0.2) is 0 Å². The van der Waals surface area contributed by atoms with Crippen molar-refractivity contribution < 1.29 is 9.21 Å². The van der Waals surface area contributed by atoms with Crippen LogP contribution in [0.4, 0.5) is 0 Å². The number of rotatable bonds is 2. The van der Waals surface area contributed by atoms with Gasteiger partial charge in [-0.3, -0.25) is 4.79 Å². The maximum Gasteiger partial charge on any atom is 0.150 e. The molecule has 2 aromatic rings. The van der Waals surface area contributed by atoms with E-state index in [-0.39, 0.29) is 0 Å². The fourth-order valence-electron chi connectivity index (χ4n) is 1.93. The summed E-state index contributed by atoms with van der Waals surface area (Å²) in [6, 6.07) is 5.71. The Morgan fingerprint density at radius 3 is 2.33 bits per heavy atom. The third kappa shape index (κ3) is 1.71. The molecule has 0 spiro atoms. The molecule has 0 saturated heterocycles.